The largest absolute Gasteiger partial charge is 0.497 e. The van der Waals surface area contributed by atoms with Gasteiger partial charge < -0.3 is 14.8 Å². The zero-order chi connectivity index (χ0) is 14.8. The molecule has 0 amide bonds. The molecule has 1 atom stereocenters. The average Bonchev–Trinajstić information content (AvgIpc) is 2.50. The van der Waals surface area contributed by atoms with Crippen molar-refractivity contribution in [1.29, 1.82) is 0 Å². The van der Waals surface area contributed by atoms with E-state index in [0.717, 1.165) is 30.2 Å². The van der Waals surface area contributed by atoms with Crippen LogP contribution < -0.4 is 14.8 Å². The van der Waals surface area contributed by atoms with Crippen LogP contribution in [0.5, 0.6) is 11.5 Å². The summed E-state index contributed by atoms with van der Waals surface area (Å²) in [6, 6.07) is 6.31. The van der Waals surface area contributed by atoms with E-state index in [0.29, 0.717) is 6.04 Å². The molecule has 0 aliphatic carbocycles. The Morgan fingerprint density at radius 2 is 1.95 bits per heavy atom. The van der Waals surface area contributed by atoms with Crippen molar-refractivity contribution in [1.82, 2.24) is 5.32 Å². The van der Waals surface area contributed by atoms with Gasteiger partial charge in [0.2, 0.25) is 0 Å². The molecule has 1 aromatic rings. The lowest BCUT2D eigenvalue weighted by Gasteiger charge is -2.21. The monoisotopic (exact) mass is 297 g/mol. The highest BCUT2D eigenvalue weighted by molar-refractivity contribution is 7.99. The Bertz CT molecular complexity index is 385. The number of thioether (sulfide) groups is 1. The Kier molecular flexibility index (Phi) is 8.54. The molecule has 1 N–H and O–H groups in total. The van der Waals surface area contributed by atoms with Gasteiger partial charge in [0, 0.05) is 17.4 Å². The van der Waals surface area contributed by atoms with E-state index in [1.54, 1.807) is 14.2 Å². The fourth-order valence-corrected chi connectivity index (χ4v) is 3.02. The first-order valence-corrected chi connectivity index (χ1v) is 8.45. The SMILES string of the molecule is CCCNC(CSCCC)c1cc(OC)ccc1OC. The molecule has 0 heterocycles. The van der Waals surface area contributed by atoms with Crippen LogP contribution in [0, 0.1) is 0 Å². The van der Waals surface area contributed by atoms with E-state index in [9.17, 15) is 0 Å². The van der Waals surface area contributed by atoms with E-state index >= 15 is 0 Å². The molecule has 0 aromatic heterocycles. The number of benzene rings is 1. The minimum absolute atomic E-state index is 0.302. The summed E-state index contributed by atoms with van der Waals surface area (Å²) >= 11 is 1.98. The van der Waals surface area contributed by atoms with Gasteiger partial charge in [-0.15, -0.1) is 0 Å². The summed E-state index contributed by atoms with van der Waals surface area (Å²) in [6.07, 6.45) is 2.33. The Morgan fingerprint density at radius 3 is 2.55 bits per heavy atom. The Hall–Kier alpha value is -0.870. The van der Waals surface area contributed by atoms with Crippen molar-refractivity contribution >= 4 is 11.8 Å². The van der Waals surface area contributed by atoms with Crippen molar-refractivity contribution in [3.05, 3.63) is 23.8 Å². The molecule has 0 aliphatic rings. The Morgan fingerprint density at radius 1 is 1.15 bits per heavy atom. The van der Waals surface area contributed by atoms with E-state index < -0.39 is 0 Å². The normalized spacial score (nSPS) is 12.2. The van der Waals surface area contributed by atoms with Gasteiger partial charge in [0.1, 0.15) is 11.5 Å². The molecule has 114 valence electrons. The average molecular weight is 297 g/mol. The Balaban J connectivity index is 2.90. The third-order valence-electron chi connectivity index (χ3n) is 3.09. The van der Waals surface area contributed by atoms with Gasteiger partial charge in [-0.2, -0.15) is 11.8 Å². The van der Waals surface area contributed by atoms with Gasteiger partial charge in [-0.05, 0) is 43.3 Å². The van der Waals surface area contributed by atoms with Crippen molar-refractivity contribution < 1.29 is 9.47 Å². The zero-order valence-electron chi connectivity index (χ0n) is 13.1. The van der Waals surface area contributed by atoms with Crippen LogP contribution in [-0.4, -0.2) is 32.3 Å². The number of hydrogen-bond acceptors (Lipinski definition) is 4. The molecule has 0 aliphatic heterocycles. The van der Waals surface area contributed by atoms with Crippen LogP contribution >= 0.6 is 11.8 Å². The molecule has 0 saturated carbocycles. The maximum absolute atomic E-state index is 5.51. The van der Waals surface area contributed by atoms with Crippen molar-refractivity contribution in [2.24, 2.45) is 0 Å². The van der Waals surface area contributed by atoms with Gasteiger partial charge in [-0.1, -0.05) is 13.8 Å². The lowest BCUT2D eigenvalue weighted by molar-refractivity contribution is 0.392. The number of rotatable bonds is 10. The van der Waals surface area contributed by atoms with Gasteiger partial charge >= 0.3 is 0 Å². The van der Waals surface area contributed by atoms with E-state index in [4.69, 9.17) is 9.47 Å². The van der Waals surface area contributed by atoms with Gasteiger partial charge in [0.25, 0.3) is 0 Å². The summed E-state index contributed by atoms with van der Waals surface area (Å²) in [6.45, 7) is 5.41. The standard InChI is InChI=1S/C16H27NO2S/c1-5-9-17-15(12-20-10-6-2)14-11-13(18-3)7-8-16(14)19-4/h7-8,11,15,17H,5-6,9-10,12H2,1-4H3. The molecule has 0 radical (unpaired) electrons. The van der Waals surface area contributed by atoms with E-state index in [1.165, 1.54) is 17.7 Å². The van der Waals surface area contributed by atoms with Crippen molar-refractivity contribution in [3.8, 4) is 11.5 Å². The first-order valence-electron chi connectivity index (χ1n) is 7.29. The van der Waals surface area contributed by atoms with Crippen LogP contribution in [0.3, 0.4) is 0 Å². The lowest BCUT2D eigenvalue weighted by atomic mass is 10.1. The molecule has 0 bridgehead atoms. The van der Waals surface area contributed by atoms with Crippen LogP contribution in [0.2, 0.25) is 0 Å². The van der Waals surface area contributed by atoms with E-state index in [1.807, 2.05) is 23.9 Å². The Labute approximate surface area is 127 Å². The van der Waals surface area contributed by atoms with Crippen LogP contribution in [-0.2, 0) is 0 Å². The number of nitrogens with one attached hydrogen (secondary N) is 1. The van der Waals surface area contributed by atoms with Crippen LogP contribution in [0.4, 0.5) is 0 Å². The molecule has 20 heavy (non-hydrogen) atoms. The van der Waals surface area contributed by atoms with Gasteiger partial charge in [0.15, 0.2) is 0 Å². The highest BCUT2D eigenvalue weighted by atomic mass is 32.2. The quantitative estimate of drug-likeness (QED) is 0.664. The summed E-state index contributed by atoms with van der Waals surface area (Å²) in [5.74, 6) is 4.05. The van der Waals surface area contributed by atoms with Crippen molar-refractivity contribution in [3.63, 3.8) is 0 Å². The first-order chi connectivity index (χ1) is 9.76. The molecule has 0 fully saturated rings. The number of methoxy groups -OCH3 is 2. The fraction of sp³-hybridized carbons (Fsp3) is 0.625. The zero-order valence-corrected chi connectivity index (χ0v) is 13.9. The number of hydrogen-bond donors (Lipinski definition) is 1. The molecular formula is C16H27NO2S. The molecule has 3 nitrogen and oxygen atoms in total. The maximum Gasteiger partial charge on any atom is 0.123 e. The van der Waals surface area contributed by atoms with Crippen LogP contribution in [0.15, 0.2) is 18.2 Å². The summed E-state index contributed by atoms with van der Waals surface area (Å²) in [5, 5.41) is 3.61. The molecule has 1 rings (SSSR count). The molecule has 0 saturated heterocycles. The van der Waals surface area contributed by atoms with Crippen molar-refractivity contribution in [2.45, 2.75) is 32.7 Å². The molecule has 1 aromatic carbocycles. The van der Waals surface area contributed by atoms with Crippen LogP contribution in [0.1, 0.15) is 38.3 Å². The summed E-state index contributed by atoms with van der Waals surface area (Å²) in [4.78, 5) is 0. The van der Waals surface area contributed by atoms with Crippen LogP contribution in [0.25, 0.3) is 0 Å². The van der Waals surface area contributed by atoms with E-state index in [-0.39, 0.29) is 0 Å². The number of ether oxygens (including phenoxy) is 2. The topological polar surface area (TPSA) is 30.5 Å². The van der Waals surface area contributed by atoms with Gasteiger partial charge in [-0.25, -0.2) is 0 Å². The van der Waals surface area contributed by atoms with E-state index in [2.05, 4.69) is 25.2 Å². The third-order valence-corrected chi connectivity index (χ3v) is 4.35. The smallest absolute Gasteiger partial charge is 0.123 e. The molecule has 4 heteroatoms. The second kappa shape index (κ2) is 9.94. The summed E-state index contributed by atoms with van der Waals surface area (Å²) in [5.41, 5.74) is 1.18. The minimum atomic E-state index is 0.302. The highest BCUT2D eigenvalue weighted by Gasteiger charge is 2.16. The summed E-state index contributed by atoms with van der Waals surface area (Å²) < 4.78 is 10.9. The second-order valence-electron chi connectivity index (χ2n) is 4.69. The lowest BCUT2D eigenvalue weighted by Crippen LogP contribution is -2.24. The highest BCUT2D eigenvalue weighted by Crippen LogP contribution is 2.31. The maximum atomic E-state index is 5.51. The minimum Gasteiger partial charge on any atom is -0.497 e. The van der Waals surface area contributed by atoms with Crippen molar-refractivity contribution in [2.75, 3.05) is 32.3 Å². The fourth-order valence-electron chi connectivity index (χ4n) is 2.03. The van der Waals surface area contributed by atoms with Gasteiger partial charge in [0.05, 0.1) is 14.2 Å². The predicted molar refractivity (Wildman–Crippen MR) is 88.2 cm³/mol. The first kappa shape index (κ1) is 17.2. The predicted octanol–water partition coefficient (Wildman–Crippen LogP) is 3.89. The molecular weight excluding hydrogens is 270 g/mol. The molecule has 1 unspecified atom stereocenters. The third kappa shape index (κ3) is 5.25. The summed E-state index contributed by atoms with van der Waals surface area (Å²) in [7, 11) is 3.42. The van der Waals surface area contributed by atoms with Gasteiger partial charge in [-0.3, -0.25) is 0 Å². The molecule has 0 spiro atoms. The second-order valence-corrected chi connectivity index (χ2v) is 5.84.